The predicted molar refractivity (Wildman–Crippen MR) is 122 cm³/mol. The van der Waals surface area contributed by atoms with Gasteiger partial charge in [0.05, 0.1) is 16.6 Å². The molecule has 1 aliphatic carbocycles. The van der Waals surface area contributed by atoms with Crippen LogP contribution in [0.1, 0.15) is 44.9 Å². The zero-order valence-electron chi connectivity index (χ0n) is 17.6. The highest BCUT2D eigenvalue weighted by molar-refractivity contribution is 9.09. The van der Waals surface area contributed by atoms with E-state index in [0.717, 1.165) is 25.7 Å². The van der Waals surface area contributed by atoms with Crippen LogP contribution in [-0.2, 0) is 14.4 Å². The Labute approximate surface area is 195 Å². The van der Waals surface area contributed by atoms with Gasteiger partial charge in [-0.1, -0.05) is 41.3 Å². The highest BCUT2D eigenvalue weighted by Crippen LogP contribution is 2.67. The minimum absolute atomic E-state index is 0.0433. The van der Waals surface area contributed by atoms with E-state index in [4.69, 9.17) is 0 Å². The number of fused-ring (bicyclic) bond motifs is 1. The smallest absolute Gasteiger partial charge is 0.308 e. The van der Waals surface area contributed by atoms with Crippen molar-refractivity contribution >= 4 is 45.5 Å². The Morgan fingerprint density at radius 3 is 2.65 bits per heavy atom. The molecule has 0 aromatic heterocycles. The van der Waals surface area contributed by atoms with Gasteiger partial charge in [0.2, 0.25) is 11.8 Å². The standard InChI is InChI=1S/C22H31BrN2O5S/c1-2-9-24(13-7-4-3-5-8-13)20(28)18-22-12-14(23)17(31-22)15(21(29)30)16(22)19(27)25(18)10-6-11-26/h2,13-18,26H,1,3-12H2,(H,29,30)/t14?,15-,16+,17-,18?,22?/m1/s1. The molecule has 2 N–H and O–H groups in total. The van der Waals surface area contributed by atoms with Crippen molar-refractivity contribution in [2.45, 2.75) is 71.9 Å². The number of hydrogen-bond acceptors (Lipinski definition) is 5. The maximum absolute atomic E-state index is 14.1. The number of nitrogens with zero attached hydrogens (tertiary/aromatic N) is 2. The number of thioether (sulfide) groups is 1. The number of aliphatic hydroxyl groups excluding tert-OH is 1. The van der Waals surface area contributed by atoms with Crippen LogP contribution in [0, 0.1) is 11.8 Å². The molecule has 4 rings (SSSR count). The SMILES string of the molecule is C=CCN(C(=O)C1N(CCCO)C(=O)[C@@H]2[C@@H](C(=O)O)[C@@H]3SC12CC3Br)C1CCCCC1. The number of carboxylic acids is 1. The topological polar surface area (TPSA) is 98.2 Å². The van der Waals surface area contributed by atoms with Gasteiger partial charge in [-0.3, -0.25) is 14.4 Å². The van der Waals surface area contributed by atoms with E-state index in [2.05, 4.69) is 22.5 Å². The van der Waals surface area contributed by atoms with Crippen molar-refractivity contribution in [3.8, 4) is 0 Å². The molecule has 2 amide bonds. The van der Waals surface area contributed by atoms with Crippen molar-refractivity contribution in [1.82, 2.24) is 9.80 Å². The molecule has 0 radical (unpaired) electrons. The fourth-order valence-electron chi connectivity index (χ4n) is 6.28. The fraction of sp³-hybridized carbons (Fsp3) is 0.773. The van der Waals surface area contributed by atoms with Crippen molar-refractivity contribution in [2.75, 3.05) is 19.7 Å². The van der Waals surface area contributed by atoms with E-state index < -0.39 is 28.6 Å². The van der Waals surface area contributed by atoms with E-state index >= 15 is 0 Å². The van der Waals surface area contributed by atoms with Gasteiger partial charge in [-0.05, 0) is 25.7 Å². The number of rotatable bonds is 8. The fourth-order valence-corrected chi connectivity index (χ4v) is 9.88. The molecule has 0 aromatic rings. The number of alkyl halides is 1. The number of likely N-dealkylation sites (tertiary alicyclic amines) is 1. The summed E-state index contributed by atoms with van der Waals surface area (Å²) < 4.78 is -0.737. The summed E-state index contributed by atoms with van der Waals surface area (Å²) in [5, 5.41) is 19.1. The van der Waals surface area contributed by atoms with Crippen LogP contribution in [0.15, 0.2) is 12.7 Å². The Bertz CT molecular complexity index is 760. The highest BCUT2D eigenvalue weighted by atomic mass is 79.9. The number of halogens is 1. The van der Waals surface area contributed by atoms with Crippen LogP contribution in [0.4, 0.5) is 0 Å². The molecule has 0 aromatic carbocycles. The Hall–Kier alpha value is -1.06. The van der Waals surface area contributed by atoms with Gasteiger partial charge in [0, 0.05) is 35.8 Å². The normalized spacial score (nSPS) is 37.2. The quantitative estimate of drug-likeness (QED) is 0.380. The molecule has 7 nitrogen and oxygen atoms in total. The van der Waals surface area contributed by atoms with Gasteiger partial charge in [-0.25, -0.2) is 0 Å². The van der Waals surface area contributed by atoms with Crippen molar-refractivity contribution < 1.29 is 24.6 Å². The number of amides is 2. The molecule has 1 saturated carbocycles. The Balaban J connectivity index is 1.73. The average molecular weight is 515 g/mol. The second-order valence-corrected chi connectivity index (χ2v) is 11.9. The molecule has 6 atom stereocenters. The van der Waals surface area contributed by atoms with Crippen LogP contribution in [-0.4, -0.2) is 84.4 Å². The molecule has 31 heavy (non-hydrogen) atoms. The lowest BCUT2D eigenvalue weighted by molar-refractivity contribution is -0.148. The lowest BCUT2D eigenvalue weighted by Crippen LogP contribution is -2.57. The summed E-state index contributed by atoms with van der Waals surface area (Å²) in [6.07, 6.45) is 7.93. The highest BCUT2D eigenvalue weighted by Gasteiger charge is 2.76. The van der Waals surface area contributed by atoms with Gasteiger partial charge in [-0.2, -0.15) is 0 Å². The monoisotopic (exact) mass is 514 g/mol. The largest absolute Gasteiger partial charge is 0.481 e. The van der Waals surface area contributed by atoms with E-state index in [1.807, 2.05) is 4.90 Å². The molecule has 4 fully saturated rings. The summed E-state index contributed by atoms with van der Waals surface area (Å²) >= 11 is 5.18. The van der Waals surface area contributed by atoms with Crippen molar-refractivity contribution in [1.29, 1.82) is 0 Å². The van der Waals surface area contributed by atoms with Gasteiger partial charge >= 0.3 is 5.97 Å². The predicted octanol–water partition coefficient (Wildman–Crippen LogP) is 2.27. The average Bonchev–Trinajstić information content (AvgIpc) is 3.34. The third-order valence-electron chi connectivity index (χ3n) is 7.49. The van der Waals surface area contributed by atoms with Crippen molar-refractivity contribution in [2.24, 2.45) is 11.8 Å². The number of carbonyl (C=O) groups is 3. The summed E-state index contributed by atoms with van der Waals surface area (Å²) in [4.78, 5) is 43.2. The second kappa shape index (κ2) is 9.06. The molecular formula is C22H31BrN2O5S. The molecule has 9 heteroatoms. The zero-order valence-corrected chi connectivity index (χ0v) is 20.0. The van der Waals surface area contributed by atoms with Crippen LogP contribution in [0.2, 0.25) is 0 Å². The van der Waals surface area contributed by atoms with Crippen LogP contribution in [0.3, 0.4) is 0 Å². The van der Waals surface area contributed by atoms with Gasteiger partial charge in [-0.15, -0.1) is 18.3 Å². The Morgan fingerprint density at radius 2 is 2.03 bits per heavy atom. The number of aliphatic carboxylic acids is 1. The molecule has 4 aliphatic rings. The first kappa shape index (κ1) is 23.1. The summed E-state index contributed by atoms with van der Waals surface area (Å²) in [5.74, 6) is -2.78. The van der Waals surface area contributed by atoms with E-state index in [9.17, 15) is 24.6 Å². The first-order valence-electron chi connectivity index (χ1n) is 11.2. The molecule has 3 heterocycles. The van der Waals surface area contributed by atoms with Crippen LogP contribution >= 0.6 is 27.7 Å². The summed E-state index contributed by atoms with van der Waals surface area (Å²) in [7, 11) is 0. The summed E-state index contributed by atoms with van der Waals surface area (Å²) in [6.45, 7) is 4.46. The Kier molecular flexibility index (Phi) is 6.75. The van der Waals surface area contributed by atoms with Crippen LogP contribution in [0.5, 0.6) is 0 Å². The third kappa shape index (κ3) is 3.64. The maximum atomic E-state index is 14.1. The minimum atomic E-state index is -0.965. The molecule has 172 valence electrons. The van der Waals surface area contributed by atoms with Gasteiger partial charge in [0.25, 0.3) is 0 Å². The molecule has 3 unspecified atom stereocenters. The first-order chi connectivity index (χ1) is 14.9. The van der Waals surface area contributed by atoms with Crippen LogP contribution < -0.4 is 0 Å². The van der Waals surface area contributed by atoms with E-state index in [1.165, 1.54) is 18.2 Å². The number of carboxylic acid groups (broad SMARTS) is 1. The molecule has 3 saturated heterocycles. The number of hydrogen-bond donors (Lipinski definition) is 2. The van der Waals surface area contributed by atoms with E-state index in [0.29, 0.717) is 19.4 Å². The summed E-state index contributed by atoms with van der Waals surface area (Å²) in [5.41, 5.74) is 0. The Morgan fingerprint density at radius 1 is 1.32 bits per heavy atom. The van der Waals surface area contributed by atoms with Gasteiger partial charge < -0.3 is 20.0 Å². The van der Waals surface area contributed by atoms with E-state index in [-0.39, 0.29) is 41.1 Å². The lowest BCUT2D eigenvalue weighted by atomic mass is 9.71. The zero-order chi connectivity index (χ0) is 22.3. The maximum Gasteiger partial charge on any atom is 0.308 e. The van der Waals surface area contributed by atoms with Crippen LogP contribution in [0.25, 0.3) is 0 Å². The summed E-state index contributed by atoms with van der Waals surface area (Å²) in [6, 6.07) is -0.569. The van der Waals surface area contributed by atoms with Gasteiger partial charge in [0.1, 0.15) is 6.04 Å². The third-order valence-corrected chi connectivity index (χ3v) is 10.7. The molecule has 1 spiro atoms. The second-order valence-electron chi connectivity index (χ2n) is 9.18. The first-order valence-corrected chi connectivity index (χ1v) is 13.0. The molecular weight excluding hydrogens is 484 g/mol. The van der Waals surface area contributed by atoms with Gasteiger partial charge in [0.15, 0.2) is 0 Å². The molecule has 2 bridgehead atoms. The number of carbonyl (C=O) groups excluding carboxylic acids is 2. The lowest BCUT2D eigenvalue weighted by Gasteiger charge is -2.41. The van der Waals surface area contributed by atoms with Crippen molar-refractivity contribution in [3.05, 3.63) is 12.7 Å². The van der Waals surface area contributed by atoms with Crippen molar-refractivity contribution in [3.63, 3.8) is 0 Å². The van der Waals surface area contributed by atoms with E-state index in [1.54, 1.807) is 11.0 Å². The minimum Gasteiger partial charge on any atom is -0.481 e. The molecule has 3 aliphatic heterocycles. The number of aliphatic hydroxyl groups is 1.